The number of ketones is 2. The number of rotatable bonds is 7. The Hall–Kier alpha value is -3.55. The van der Waals surface area contributed by atoms with Gasteiger partial charge < -0.3 is 9.47 Å². The van der Waals surface area contributed by atoms with Gasteiger partial charge in [-0.1, -0.05) is 48.5 Å². The lowest BCUT2D eigenvalue weighted by Crippen LogP contribution is -2.60. The normalized spacial score (nSPS) is 17.9. The molecule has 1 aliphatic heterocycles. The number of para-hydroxylation sites is 1. The second-order valence-electron chi connectivity index (χ2n) is 8.78. The minimum absolute atomic E-state index is 0.211. The zero-order valence-corrected chi connectivity index (χ0v) is 20.1. The summed E-state index contributed by atoms with van der Waals surface area (Å²) in [6.45, 7) is 5.61. The highest BCUT2D eigenvalue weighted by atomic mass is 16.5. The summed E-state index contributed by atoms with van der Waals surface area (Å²) >= 11 is 0. The number of carbonyl (C=O) groups is 2. The van der Waals surface area contributed by atoms with Crippen LogP contribution in [0.15, 0.2) is 66.7 Å². The van der Waals surface area contributed by atoms with E-state index in [2.05, 4.69) is 16.0 Å². The number of benzene rings is 2. The quantitative estimate of drug-likeness (QED) is 0.488. The first-order valence-electron chi connectivity index (χ1n) is 12.0. The van der Waals surface area contributed by atoms with Crippen LogP contribution in [-0.4, -0.2) is 66.2 Å². The Kier molecular flexibility index (Phi) is 6.36. The Morgan fingerprint density at radius 3 is 2.17 bits per heavy atom. The number of piperazine rings is 1. The van der Waals surface area contributed by atoms with Crippen molar-refractivity contribution < 1.29 is 19.1 Å². The van der Waals surface area contributed by atoms with E-state index in [1.54, 1.807) is 49.6 Å². The molecule has 1 aromatic heterocycles. The topological polar surface area (TPSA) is 72.0 Å². The first kappa shape index (κ1) is 23.2. The van der Waals surface area contributed by atoms with Crippen molar-refractivity contribution in [3.05, 3.63) is 89.1 Å². The fourth-order valence-electron chi connectivity index (χ4n) is 5.21. The number of hydrogen-bond acceptors (Lipinski definition) is 7. The van der Waals surface area contributed by atoms with Crippen LogP contribution in [0.4, 0.5) is 0 Å². The molecule has 7 heteroatoms. The van der Waals surface area contributed by atoms with Crippen LogP contribution >= 0.6 is 0 Å². The van der Waals surface area contributed by atoms with E-state index >= 15 is 0 Å². The Bertz CT molecular complexity index is 1220. The van der Waals surface area contributed by atoms with Gasteiger partial charge in [0.2, 0.25) is 5.88 Å². The summed E-state index contributed by atoms with van der Waals surface area (Å²) in [4.78, 5) is 36.9. The van der Waals surface area contributed by atoms with Gasteiger partial charge in [0, 0.05) is 55.5 Å². The number of hydrogen-bond donors (Lipinski definition) is 0. The molecule has 2 aromatic carbocycles. The molecule has 1 saturated heterocycles. The summed E-state index contributed by atoms with van der Waals surface area (Å²) in [5.74, 6) is 0.852. The molecule has 0 atom stereocenters. The molecule has 0 spiro atoms. The molecule has 35 heavy (non-hydrogen) atoms. The molecule has 0 amide bonds. The summed E-state index contributed by atoms with van der Waals surface area (Å²) in [6, 6.07) is 20.4. The summed E-state index contributed by atoms with van der Waals surface area (Å²) in [5, 5.41) is 0. The van der Waals surface area contributed by atoms with E-state index in [1.807, 2.05) is 30.0 Å². The zero-order valence-electron chi connectivity index (χ0n) is 20.1. The molecular formula is C28H29N3O4. The first-order valence-corrected chi connectivity index (χ1v) is 12.0. The first-order chi connectivity index (χ1) is 17.1. The predicted molar refractivity (Wildman–Crippen MR) is 132 cm³/mol. The van der Waals surface area contributed by atoms with Crippen LogP contribution in [0.25, 0.3) is 0 Å². The van der Waals surface area contributed by atoms with Gasteiger partial charge in [0.05, 0.1) is 19.4 Å². The van der Waals surface area contributed by atoms with E-state index in [0.29, 0.717) is 55.5 Å². The molecule has 2 heterocycles. The fourth-order valence-corrected chi connectivity index (χ4v) is 5.21. The Labute approximate surface area is 205 Å². The SMILES string of the molecule is CCOc1cccc(C2(N3CCN(Cc4ccccc4OC)CC3)C(=O)c3ccccc3C2=O)n1. The fraction of sp³-hybridized carbons (Fsp3) is 0.321. The molecule has 0 bridgehead atoms. The molecule has 1 aliphatic carbocycles. The molecule has 1 fully saturated rings. The van der Waals surface area contributed by atoms with Gasteiger partial charge in [-0.15, -0.1) is 0 Å². The third-order valence-electron chi connectivity index (χ3n) is 6.89. The zero-order chi connectivity index (χ0) is 24.4. The molecule has 180 valence electrons. The van der Waals surface area contributed by atoms with Crippen molar-refractivity contribution >= 4 is 11.6 Å². The van der Waals surface area contributed by atoms with Crippen LogP contribution in [-0.2, 0) is 12.1 Å². The lowest BCUT2D eigenvalue weighted by molar-refractivity contribution is 0.0264. The van der Waals surface area contributed by atoms with Crippen LogP contribution < -0.4 is 9.47 Å². The van der Waals surface area contributed by atoms with Crippen molar-refractivity contribution in [2.45, 2.75) is 19.0 Å². The molecule has 0 unspecified atom stereocenters. The second kappa shape index (κ2) is 9.60. The van der Waals surface area contributed by atoms with Crippen molar-refractivity contribution in [2.75, 3.05) is 39.9 Å². The van der Waals surface area contributed by atoms with Gasteiger partial charge >= 0.3 is 0 Å². The second-order valence-corrected chi connectivity index (χ2v) is 8.78. The van der Waals surface area contributed by atoms with Gasteiger partial charge in [-0.2, -0.15) is 0 Å². The van der Waals surface area contributed by atoms with Crippen LogP contribution in [0.2, 0.25) is 0 Å². The highest BCUT2D eigenvalue weighted by Gasteiger charge is 2.59. The molecule has 0 radical (unpaired) electrons. The number of Topliss-reactive ketones (excluding diaryl/α,β-unsaturated/α-hetero) is 2. The van der Waals surface area contributed by atoms with E-state index in [-0.39, 0.29) is 11.6 Å². The Morgan fingerprint density at radius 2 is 1.51 bits per heavy atom. The average Bonchev–Trinajstić information content (AvgIpc) is 3.13. The van der Waals surface area contributed by atoms with Crippen molar-refractivity contribution in [1.82, 2.24) is 14.8 Å². The smallest absolute Gasteiger partial charge is 0.213 e. The number of ether oxygens (including phenoxy) is 2. The maximum Gasteiger partial charge on any atom is 0.213 e. The molecule has 5 rings (SSSR count). The Balaban J connectivity index is 1.47. The van der Waals surface area contributed by atoms with Gasteiger partial charge in [0.1, 0.15) is 5.75 Å². The third-order valence-corrected chi connectivity index (χ3v) is 6.89. The Morgan fingerprint density at radius 1 is 0.857 bits per heavy atom. The number of nitrogens with zero attached hydrogens (tertiary/aromatic N) is 3. The van der Waals surface area contributed by atoms with E-state index in [9.17, 15) is 9.59 Å². The number of fused-ring (bicyclic) bond motifs is 1. The summed E-state index contributed by atoms with van der Waals surface area (Å²) < 4.78 is 11.1. The van der Waals surface area contributed by atoms with Crippen molar-refractivity contribution in [3.63, 3.8) is 0 Å². The summed E-state index contributed by atoms with van der Waals surface area (Å²) in [6.07, 6.45) is 0. The lowest BCUT2D eigenvalue weighted by atomic mass is 9.85. The largest absolute Gasteiger partial charge is 0.496 e. The predicted octanol–water partition coefficient (Wildman–Crippen LogP) is 3.58. The van der Waals surface area contributed by atoms with Crippen LogP contribution in [0, 0.1) is 0 Å². The highest BCUT2D eigenvalue weighted by Crippen LogP contribution is 2.42. The number of pyridine rings is 1. The van der Waals surface area contributed by atoms with Gasteiger partial charge in [0.15, 0.2) is 17.1 Å². The van der Waals surface area contributed by atoms with Gasteiger partial charge in [-0.05, 0) is 19.1 Å². The van der Waals surface area contributed by atoms with E-state index < -0.39 is 5.54 Å². The maximum atomic E-state index is 14.0. The monoisotopic (exact) mass is 471 g/mol. The molecule has 0 saturated carbocycles. The number of methoxy groups -OCH3 is 1. The summed E-state index contributed by atoms with van der Waals surface area (Å²) in [5.41, 5.74) is 0.973. The maximum absolute atomic E-state index is 14.0. The van der Waals surface area contributed by atoms with Gasteiger partial charge in [-0.3, -0.25) is 19.4 Å². The van der Waals surface area contributed by atoms with E-state index in [0.717, 1.165) is 17.9 Å². The number of carbonyl (C=O) groups excluding carboxylic acids is 2. The lowest BCUT2D eigenvalue weighted by Gasteiger charge is -2.43. The number of aromatic nitrogens is 1. The minimum Gasteiger partial charge on any atom is -0.496 e. The van der Waals surface area contributed by atoms with Crippen LogP contribution in [0.1, 0.15) is 38.9 Å². The highest BCUT2D eigenvalue weighted by molar-refractivity contribution is 6.32. The van der Waals surface area contributed by atoms with Crippen molar-refractivity contribution in [2.24, 2.45) is 0 Å². The standard InChI is InChI=1S/C28H29N3O4/c1-3-35-25-14-8-13-24(29-25)28(26(32)21-10-5-6-11-22(21)27(28)33)31-17-15-30(16-18-31)19-20-9-4-7-12-23(20)34-2/h4-14H,3,15-19H2,1-2H3. The summed E-state index contributed by atoms with van der Waals surface area (Å²) in [7, 11) is 1.68. The van der Waals surface area contributed by atoms with Crippen LogP contribution in [0.5, 0.6) is 11.6 Å². The molecular weight excluding hydrogens is 442 g/mol. The van der Waals surface area contributed by atoms with Crippen molar-refractivity contribution in [3.8, 4) is 11.6 Å². The molecule has 0 N–H and O–H groups in total. The molecule has 7 nitrogen and oxygen atoms in total. The van der Waals surface area contributed by atoms with Gasteiger partial charge in [-0.25, -0.2) is 4.98 Å². The van der Waals surface area contributed by atoms with Crippen LogP contribution in [0.3, 0.4) is 0 Å². The minimum atomic E-state index is -1.48. The molecule has 2 aliphatic rings. The van der Waals surface area contributed by atoms with E-state index in [4.69, 9.17) is 9.47 Å². The average molecular weight is 472 g/mol. The molecule has 3 aromatic rings. The van der Waals surface area contributed by atoms with E-state index in [1.165, 1.54) is 0 Å². The van der Waals surface area contributed by atoms with Crippen molar-refractivity contribution in [1.29, 1.82) is 0 Å². The van der Waals surface area contributed by atoms with Gasteiger partial charge in [0.25, 0.3) is 0 Å². The third kappa shape index (κ3) is 3.90.